The van der Waals surface area contributed by atoms with Crippen LogP contribution in [0, 0.1) is 0 Å². The van der Waals surface area contributed by atoms with Crippen LogP contribution in [0.15, 0.2) is 0 Å². The second kappa shape index (κ2) is 4.82. The van der Waals surface area contributed by atoms with Gasteiger partial charge in [0.2, 0.25) is 0 Å². The first kappa shape index (κ1) is 8.98. The van der Waals surface area contributed by atoms with Crippen LogP contribution in [0.4, 0.5) is 0 Å². The van der Waals surface area contributed by atoms with Crippen molar-refractivity contribution in [3.8, 4) is 0 Å². The monoisotopic (exact) mass is 147 g/mol. The zero-order chi connectivity index (χ0) is 7.28. The Morgan fingerprint density at radius 3 is 2.67 bits per heavy atom. The van der Waals surface area contributed by atoms with E-state index >= 15 is 0 Å². The van der Waals surface area contributed by atoms with Gasteiger partial charge in [0, 0.05) is 12.3 Å². The van der Waals surface area contributed by atoms with Gasteiger partial charge in [0.05, 0.1) is 6.04 Å². The number of thiol groups is 1. The molecule has 54 valence electrons. The lowest BCUT2D eigenvalue weighted by Gasteiger charge is -2.07. The van der Waals surface area contributed by atoms with Crippen molar-refractivity contribution >= 4 is 18.4 Å². The van der Waals surface area contributed by atoms with Crippen molar-refractivity contribution in [3.05, 3.63) is 0 Å². The summed E-state index contributed by atoms with van der Waals surface area (Å²) >= 11 is 3.93. The molecular weight excluding hydrogens is 134 g/mol. The van der Waals surface area contributed by atoms with Crippen LogP contribution in [0.3, 0.4) is 0 Å². The summed E-state index contributed by atoms with van der Waals surface area (Å²) in [5, 5.41) is 2.91. The zero-order valence-corrected chi connectivity index (χ0v) is 6.74. The topological polar surface area (TPSA) is 29.1 Å². The molecule has 2 nitrogen and oxygen atoms in total. The fourth-order valence-electron chi connectivity index (χ4n) is 0.557. The molecule has 0 saturated heterocycles. The van der Waals surface area contributed by atoms with Gasteiger partial charge in [-0.25, -0.2) is 0 Å². The van der Waals surface area contributed by atoms with E-state index < -0.39 is 0 Å². The van der Waals surface area contributed by atoms with Crippen LogP contribution in [0.2, 0.25) is 0 Å². The predicted molar refractivity (Wildman–Crippen MR) is 41.7 cm³/mol. The van der Waals surface area contributed by atoms with Crippen molar-refractivity contribution in [1.82, 2.24) is 5.32 Å². The molecule has 0 radical (unpaired) electrons. The summed E-state index contributed by atoms with van der Waals surface area (Å²) < 4.78 is 0. The van der Waals surface area contributed by atoms with Gasteiger partial charge in [-0.05, 0) is 6.92 Å². The fourth-order valence-corrected chi connectivity index (χ4v) is 0.831. The van der Waals surface area contributed by atoms with E-state index in [2.05, 4.69) is 17.9 Å². The molecule has 0 heterocycles. The van der Waals surface area contributed by atoms with Crippen LogP contribution in [0.5, 0.6) is 0 Å². The summed E-state index contributed by atoms with van der Waals surface area (Å²) in [7, 11) is 0. The van der Waals surface area contributed by atoms with E-state index in [0.29, 0.717) is 12.3 Å². The lowest BCUT2D eigenvalue weighted by Crippen LogP contribution is -2.32. The van der Waals surface area contributed by atoms with Crippen molar-refractivity contribution in [1.29, 1.82) is 0 Å². The Hall–Kier alpha value is -0.0200. The van der Waals surface area contributed by atoms with Gasteiger partial charge in [-0.3, -0.25) is 10.1 Å². The summed E-state index contributed by atoms with van der Waals surface area (Å²) in [6.07, 6.45) is 0.599. The highest BCUT2D eigenvalue weighted by Crippen LogP contribution is 1.88. The van der Waals surface area contributed by atoms with Gasteiger partial charge in [0.25, 0.3) is 0 Å². The minimum atomic E-state index is -0.0347. The summed E-state index contributed by atoms with van der Waals surface area (Å²) in [6.45, 7) is 3.71. The lowest BCUT2D eigenvalue weighted by molar-refractivity contribution is -0.120. The molecule has 0 spiro atoms. The quantitative estimate of drug-likeness (QED) is 0.455. The van der Waals surface area contributed by atoms with Crippen LogP contribution in [0.1, 0.15) is 20.3 Å². The number of ketones is 1. The molecule has 0 saturated carbocycles. The fraction of sp³-hybridized carbons (Fsp3) is 0.833. The number of carbonyl (C=O) groups excluding carboxylic acids is 1. The second-order valence-electron chi connectivity index (χ2n) is 1.90. The molecule has 0 unspecified atom stereocenters. The minimum Gasteiger partial charge on any atom is -0.299 e. The first-order valence-corrected chi connectivity index (χ1v) is 3.72. The molecule has 9 heavy (non-hydrogen) atoms. The Kier molecular flexibility index (Phi) is 4.81. The van der Waals surface area contributed by atoms with Gasteiger partial charge in [0.15, 0.2) is 0 Å². The lowest BCUT2D eigenvalue weighted by atomic mass is 10.2. The van der Waals surface area contributed by atoms with Crippen LogP contribution >= 0.6 is 12.6 Å². The molecule has 1 N–H and O–H groups in total. The summed E-state index contributed by atoms with van der Waals surface area (Å²) in [5.41, 5.74) is 0. The maximum absolute atomic E-state index is 10.8. The Morgan fingerprint density at radius 2 is 2.33 bits per heavy atom. The van der Waals surface area contributed by atoms with Gasteiger partial charge in [-0.2, -0.15) is 12.6 Å². The largest absolute Gasteiger partial charge is 0.299 e. The van der Waals surface area contributed by atoms with Crippen molar-refractivity contribution in [2.45, 2.75) is 26.3 Å². The summed E-state index contributed by atoms with van der Waals surface area (Å²) in [6, 6.07) is -0.0347. The second-order valence-corrected chi connectivity index (χ2v) is 2.22. The average molecular weight is 147 g/mol. The molecule has 0 aromatic rings. The minimum absolute atomic E-state index is 0.0347. The average Bonchev–Trinajstić information content (AvgIpc) is 1.87. The number of hydrogen-bond acceptors (Lipinski definition) is 3. The Labute approximate surface area is 61.4 Å². The molecule has 0 fully saturated rings. The molecule has 0 aromatic heterocycles. The smallest absolute Gasteiger partial charge is 0.149 e. The van der Waals surface area contributed by atoms with E-state index in [1.807, 2.05) is 13.8 Å². The first-order chi connectivity index (χ1) is 4.22. The number of Topliss-reactive ketones (excluding diaryl/α,β-unsaturated/α-hetero) is 1. The molecule has 0 aliphatic heterocycles. The molecule has 1 atom stereocenters. The van der Waals surface area contributed by atoms with Gasteiger partial charge in [-0.15, -0.1) is 0 Å². The first-order valence-electron chi connectivity index (χ1n) is 3.09. The molecule has 0 aromatic carbocycles. The highest BCUT2D eigenvalue weighted by atomic mass is 32.1. The Bertz CT molecular complexity index is 95.1. The number of carbonyl (C=O) groups is 1. The van der Waals surface area contributed by atoms with Gasteiger partial charge >= 0.3 is 0 Å². The third kappa shape index (κ3) is 3.54. The molecule has 3 heteroatoms. The number of rotatable bonds is 4. The molecule has 0 aliphatic carbocycles. The van der Waals surface area contributed by atoms with Gasteiger partial charge in [0.1, 0.15) is 5.78 Å². The van der Waals surface area contributed by atoms with E-state index in [9.17, 15) is 4.79 Å². The van der Waals surface area contributed by atoms with E-state index in [0.717, 1.165) is 0 Å². The predicted octanol–water partition coefficient (Wildman–Crippen LogP) is 0.831. The van der Waals surface area contributed by atoms with Crippen molar-refractivity contribution < 1.29 is 4.79 Å². The maximum atomic E-state index is 10.8. The maximum Gasteiger partial charge on any atom is 0.149 e. The third-order valence-electron chi connectivity index (χ3n) is 1.23. The highest BCUT2D eigenvalue weighted by molar-refractivity contribution is 7.80. The standard InChI is InChI=1S/C6H13NOS/c1-3-6(8)5(2)7-4-9/h5,7,9H,3-4H2,1-2H3/t5-/m0/s1. The van der Waals surface area contributed by atoms with Crippen LogP contribution in [0.25, 0.3) is 0 Å². The molecule has 0 aliphatic rings. The molecular formula is C6H13NOS. The van der Waals surface area contributed by atoms with E-state index in [1.54, 1.807) is 0 Å². The van der Waals surface area contributed by atoms with Crippen LogP contribution in [-0.4, -0.2) is 17.7 Å². The van der Waals surface area contributed by atoms with Crippen molar-refractivity contribution in [2.75, 3.05) is 5.88 Å². The normalized spacial score (nSPS) is 13.2. The van der Waals surface area contributed by atoms with E-state index in [4.69, 9.17) is 0 Å². The van der Waals surface area contributed by atoms with E-state index in [1.165, 1.54) is 0 Å². The van der Waals surface area contributed by atoms with Crippen molar-refractivity contribution in [2.24, 2.45) is 0 Å². The van der Waals surface area contributed by atoms with Crippen molar-refractivity contribution in [3.63, 3.8) is 0 Å². The molecule has 0 bridgehead atoms. The third-order valence-corrected chi connectivity index (χ3v) is 1.41. The number of hydrogen-bond donors (Lipinski definition) is 2. The zero-order valence-electron chi connectivity index (χ0n) is 5.85. The molecule has 0 amide bonds. The Morgan fingerprint density at radius 1 is 1.78 bits per heavy atom. The Balaban J connectivity index is 3.45. The summed E-state index contributed by atoms with van der Waals surface area (Å²) in [4.78, 5) is 10.8. The van der Waals surface area contributed by atoms with Gasteiger partial charge < -0.3 is 0 Å². The SMILES string of the molecule is CCC(=O)[C@H](C)NCS. The van der Waals surface area contributed by atoms with Crippen LogP contribution in [-0.2, 0) is 4.79 Å². The van der Waals surface area contributed by atoms with Gasteiger partial charge in [-0.1, -0.05) is 6.92 Å². The van der Waals surface area contributed by atoms with Crippen LogP contribution < -0.4 is 5.32 Å². The molecule has 0 rings (SSSR count). The number of nitrogens with one attached hydrogen (secondary N) is 1. The van der Waals surface area contributed by atoms with E-state index in [-0.39, 0.29) is 11.8 Å². The summed E-state index contributed by atoms with van der Waals surface area (Å²) in [5.74, 6) is 0.802. The highest BCUT2D eigenvalue weighted by Gasteiger charge is 2.06.